The van der Waals surface area contributed by atoms with Crippen molar-refractivity contribution in [2.75, 3.05) is 0 Å². The smallest absolute Gasteiger partial charge is 0.163 e. The molecule has 0 aromatic heterocycles. The van der Waals surface area contributed by atoms with E-state index in [1.807, 2.05) is 13.8 Å². The Morgan fingerprint density at radius 3 is 2.50 bits per heavy atom. The molecular formula is C15H28O3. The summed E-state index contributed by atoms with van der Waals surface area (Å²) in [5.74, 6) is -0.527. The van der Waals surface area contributed by atoms with Crippen LogP contribution in [0.25, 0.3) is 0 Å². The number of hydrogen-bond donors (Lipinski definition) is 1. The van der Waals surface area contributed by atoms with E-state index in [1.165, 1.54) is 25.7 Å². The van der Waals surface area contributed by atoms with E-state index in [4.69, 9.17) is 9.47 Å². The Bertz CT molecular complexity index is 250. The monoisotopic (exact) mass is 256 g/mol. The quantitative estimate of drug-likeness (QED) is 0.534. The molecule has 1 aliphatic heterocycles. The minimum Gasteiger partial charge on any atom is -0.389 e. The first-order valence-electron chi connectivity index (χ1n) is 7.14. The van der Waals surface area contributed by atoms with E-state index in [0.29, 0.717) is 6.42 Å². The van der Waals surface area contributed by atoms with Gasteiger partial charge in [0.2, 0.25) is 0 Å². The molecule has 0 aliphatic carbocycles. The van der Waals surface area contributed by atoms with Crippen molar-refractivity contribution in [2.45, 2.75) is 83.4 Å². The predicted octanol–water partition coefficient (Wildman–Crippen LogP) is 3.41. The van der Waals surface area contributed by atoms with Crippen LogP contribution in [-0.2, 0) is 9.47 Å². The highest BCUT2D eigenvalue weighted by molar-refractivity contribution is 4.88. The van der Waals surface area contributed by atoms with E-state index in [9.17, 15) is 5.11 Å². The van der Waals surface area contributed by atoms with E-state index in [2.05, 4.69) is 13.5 Å². The van der Waals surface area contributed by atoms with Gasteiger partial charge in [0.25, 0.3) is 0 Å². The molecule has 1 aliphatic rings. The maximum absolute atomic E-state index is 9.66. The first-order chi connectivity index (χ1) is 8.48. The zero-order valence-electron chi connectivity index (χ0n) is 12.0. The number of ether oxygens (including phenoxy) is 2. The van der Waals surface area contributed by atoms with E-state index < -0.39 is 11.9 Å². The predicted molar refractivity (Wildman–Crippen MR) is 73.4 cm³/mol. The molecule has 0 amide bonds. The SMILES string of the molecule is C=C[C@H](O)C[C@@H]1OC(C)(C)O[C@H]1CCCCCC. The molecule has 1 N–H and O–H groups in total. The van der Waals surface area contributed by atoms with Crippen molar-refractivity contribution in [1.82, 2.24) is 0 Å². The number of aliphatic hydroxyl groups excluding tert-OH is 1. The summed E-state index contributed by atoms with van der Waals surface area (Å²) in [6, 6.07) is 0. The van der Waals surface area contributed by atoms with Crippen LogP contribution in [0, 0.1) is 0 Å². The first-order valence-corrected chi connectivity index (χ1v) is 7.14. The Hall–Kier alpha value is -0.380. The first kappa shape index (κ1) is 15.7. The summed E-state index contributed by atoms with van der Waals surface area (Å²) < 4.78 is 11.8. The van der Waals surface area contributed by atoms with Gasteiger partial charge in [-0.2, -0.15) is 0 Å². The summed E-state index contributed by atoms with van der Waals surface area (Å²) in [4.78, 5) is 0. The van der Waals surface area contributed by atoms with Gasteiger partial charge in [-0.3, -0.25) is 0 Å². The van der Waals surface area contributed by atoms with Crippen LogP contribution in [0.5, 0.6) is 0 Å². The van der Waals surface area contributed by atoms with Gasteiger partial charge in [0.1, 0.15) is 0 Å². The summed E-state index contributed by atoms with van der Waals surface area (Å²) in [5, 5.41) is 9.66. The molecular weight excluding hydrogens is 228 g/mol. The molecule has 1 heterocycles. The van der Waals surface area contributed by atoms with Gasteiger partial charge in [-0.1, -0.05) is 38.7 Å². The molecule has 3 heteroatoms. The molecule has 1 rings (SSSR count). The van der Waals surface area contributed by atoms with Gasteiger partial charge in [-0.15, -0.1) is 6.58 Å². The lowest BCUT2D eigenvalue weighted by Gasteiger charge is -2.18. The average molecular weight is 256 g/mol. The second-order valence-electron chi connectivity index (χ2n) is 5.60. The van der Waals surface area contributed by atoms with Crippen LogP contribution in [0.15, 0.2) is 12.7 Å². The lowest BCUT2D eigenvalue weighted by Crippen LogP contribution is -2.26. The molecule has 1 fully saturated rings. The Balaban J connectivity index is 2.43. The average Bonchev–Trinajstić information content (AvgIpc) is 2.59. The van der Waals surface area contributed by atoms with E-state index in [0.717, 1.165) is 6.42 Å². The molecule has 0 radical (unpaired) electrons. The van der Waals surface area contributed by atoms with Gasteiger partial charge in [0.05, 0.1) is 18.3 Å². The number of rotatable bonds is 8. The van der Waals surface area contributed by atoms with Crippen LogP contribution in [0.2, 0.25) is 0 Å². The van der Waals surface area contributed by atoms with Crippen LogP contribution in [0.4, 0.5) is 0 Å². The van der Waals surface area contributed by atoms with Crippen molar-refractivity contribution in [2.24, 2.45) is 0 Å². The Morgan fingerprint density at radius 1 is 1.22 bits per heavy atom. The van der Waals surface area contributed by atoms with Crippen molar-refractivity contribution in [3.8, 4) is 0 Å². The number of hydrogen-bond acceptors (Lipinski definition) is 3. The van der Waals surface area contributed by atoms with Gasteiger partial charge in [-0.25, -0.2) is 0 Å². The summed E-state index contributed by atoms with van der Waals surface area (Å²) in [6.07, 6.45) is 7.65. The molecule has 1 saturated heterocycles. The standard InChI is InChI=1S/C15H28O3/c1-5-7-8-9-10-13-14(11-12(16)6-2)18-15(3,4)17-13/h6,12-14,16H,2,5,7-11H2,1,3-4H3/t12-,13-,14-/m0/s1. The van der Waals surface area contributed by atoms with E-state index in [1.54, 1.807) is 6.08 Å². The van der Waals surface area contributed by atoms with Crippen molar-refractivity contribution in [3.63, 3.8) is 0 Å². The fraction of sp³-hybridized carbons (Fsp3) is 0.867. The zero-order valence-corrected chi connectivity index (χ0v) is 12.0. The molecule has 0 unspecified atom stereocenters. The van der Waals surface area contributed by atoms with Crippen molar-refractivity contribution < 1.29 is 14.6 Å². The third kappa shape index (κ3) is 5.09. The van der Waals surface area contributed by atoms with Gasteiger partial charge in [0.15, 0.2) is 5.79 Å². The summed E-state index contributed by atoms with van der Waals surface area (Å²) in [5.41, 5.74) is 0. The normalized spacial score (nSPS) is 28.2. The molecule has 0 aromatic carbocycles. The molecule has 3 nitrogen and oxygen atoms in total. The fourth-order valence-corrected chi connectivity index (χ4v) is 2.46. The van der Waals surface area contributed by atoms with Gasteiger partial charge in [0, 0.05) is 6.42 Å². The minimum absolute atomic E-state index is 0.0189. The maximum Gasteiger partial charge on any atom is 0.163 e. The highest BCUT2D eigenvalue weighted by atomic mass is 16.7. The molecule has 0 bridgehead atoms. The number of unbranched alkanes of at least 4 members (excludes halogenated alkanes) is 3. The summed E-state index contributed by atoms with van der Waals surface area (Å²) in [7, 11) is 0. The topological polar surface area (TPSA) is 38.7 Å². The Kier molecular flexibility index (Phi) is 6.33. The number of aliphatic hydroxyl groups is 1. The lowest BCUT2D eigenvalue weighted by atomic mass is 10.0. The van der Waals surface area contributed by atoms with Crippen molar-refractivity contribution in [1.29, 1.82) is 0 Å². The third-order valence-corrected chi connectivity index (χ3v) is 3.37. The molecule has 3 atom stereocenters. The van der Waals surface area contributed by atoms with Gasteiger partial charge >= 0.3 is 0 Å². The van der Waals surface area contributed by atoms with E-state index in [-0.39, 0.29) is 12.2 Å². The Morgan fingerprint density at radius 2 is 1.89 bits per heavy atom. The molecule has 0 saturated carbocycles. The molecule has 0 spiro atoms. The van der Waals surface area contributed by atoms with Crippen LogP contribution in [-0.4, -0.2) is 29.2 Å². The summed E-state index contributed by atoms with van der Waals surface area (Å²) in [6.45, 7) is 9.69. The second kappa shape index (κ2) is 7.27. The third-order valence-electron chi connectivity index (χ3n) is 3.37. The van der Waals surface area contributed by atoms with Crippen LogP contribution < -0.4 is 0 Å². The van der Waals surface area contributed by atoms with Crippen LogP contribution in [0.1, 0.15) is 59.3 Å². The molecule has 106 valence electrons. The second-order valence-corrected chi connectivity index (χ2v) is 5.60. The maximum atomic E-state index is 9.66. The van der Waals surface area contributed by atoms with Crippen molar-refractivity contribution in [3.05, 3.63) is 12.7 Å². The van der Waals surface area contributed by atoms with Gasteiger partial charge < -0.3 is 14.6 Å². The summed E-state index contributed by atoms with van der Waals surface area (Å²) >= 11 is 0. The highest BCUT2D eigenvalue weighted by Crippen LogP contribution is 2.33. The minimum atomic E-state index is -0.527. The van der Waals surface area contributed by atoms with Gasteiger partial charge in [-0.05, 0) is 20.3 Å². The largest absolute Gasteiger partial charge is 0.389 e. The van der Waals surface area contributed by atoms with Crippen molar-refractivity contribution >= 4 is 0 Å². The van der Waals surface area contributed by atoms with Crippen LogP contribution >= 0.6 is 0 Å². The molecule has 0 aromatic rings. The Labute approximate surface area is 111 Å². The fourth-order valence-electron chi connectivity index (χ4n) is 2.46. The van der Waals surface area contributed by atoms with E-state index >= 15 is 0 Å². The highest BCUT2D eigenvalue weighted by Gasteiger charge is 2.41. The molecule has 18 heavy (non-hydrogen) atoms. The zero-order chi connectivity index (χ0) is 13.6. The lowest BCUT2D eigenvalue weighted by molar-refractivity contribution is -0.148. The van der Waals surface area contributed by atoms with Crippen LogP contribution in [0.3, 0.4) is 0 Å².